The van der Waals surface area contributed by atoms with Gasteiger partial charge in [0, 0.05) is 30.1 Å². The van der Waals surface area contributed by atoms with Crippen LogP contribution in [0.15, 0.2) is 59.5 Å². The van der Waals surface area contributed by atoms with Crippen LogP contribution in [-0.2, 0) is 14.3 Å². The van der Waals surface area contributed by atoms with E-state index in [0.717, 1.165) is 18.6 Å². The first-order valence-electron chi connectivity index (χ1n) is 9.65. The minimum absolute atomic E-state index is 0.0559. The molecule has 0 bridgehead atoms. The molecule has 1 aliphatic heterocycles. The Hall–Kier alpha value is -2.80. The number of esters is 1. The highest BCUT2D eigenvalue weighted by molar-refractivity contribution is 7.99. The Morgan fingerprint density at radius 2 is 1.93 bits per heavy atom. The van der Waals surface area contributed by atoms with Crippen LogP contribution in [0.3, 0.4) is 0 Å². The molecule has 7 heteroatoms. The molecule has 2 aromatic carbocycles. The molecule has 1 N–H and O–H groups in total. The Kier molecular flexibility index (Phi) is 7.69. The second-order valence-corrected chi connectivity index (χ2v) is 7.81. The molecule has 6 nitrogen and oxygen atoms in total. The first-order valence-corrected chi connectivity index (χ1v) is 10.6. The number of ether oxygens (including phenoxy) is 1. The lowest BCUT2D eigenvalue weighted by atomic mass is 10.2. The van der Waals surface area contributed by atoms with Gasteiger partial charge in [-0.05, 0) is 48.9 Å². The number of nitrogens with one attached hydrogen (secondary N) is 1. The first kappa shape index (κ1) is 20.9. The molecule has 1 fully saturated rings. The van der Waals surface area contributed by atoms with Crippen molar-refractivity contribution in [2.45, 2.75) is 24.2 Å². The van der Waals surface area contributed by atoms with E-state index in [9.17, 15) is 14.4 Å². The molecule has 0 aromatic heterocycles. The van der Waals surface area contributed by atoms with Crippen LogP contribution < -0.4 is 10.2 Å². The minimum atomic E-state index is -0.576. The van der Waals surface area contributed by atoms with E-state index in [1.54, 1.807) is 40.9 Å². The molecule has 2 aromatic rings. The smallest absolute Gasteiger partial charge is 0.338 e. The Morgan fingerprint density at radius 3 is 2.69 bits per heavy atom. The van der Waals surface area contributed by atoms with E-state index >= 15 is 0 Å². The lowest BCUT2D eigenvalue weighted by Crippen LogP contribution is -2.30. The van der Waals surface area contributed by atoms with Crippen molar-refractivity contribution in [1.82, 2.24) is 5.32 Å². The van der Waals surface area contributed by atoms with Gasteiger partial charge in [0.05, 0.1) is 5.56 Å². The van der Waals surface area contributed by atoms with E-state index in [2.05, 4.69) is 17.4 Å². The van der Waals surface area contributed by atoms with Crippen LogP contribution in [0.25, 0.3) is 0 Å². The maximum Gasteiger partial charge on any atom is 0.338 e. The van der Waals surface area contributed by atoms with Gasteiger partial charge in [-0.25, -0.2) is 4.79 Å². The number of carbonyl (C=O) groups excluding carboxylic acids is 3. The van der Waals surface area contributed by atoms with E-state index < -0.39 is 5.97 Å². The SMILES string of the molecule is O=C(COC(=O)c1cccc(N2CCCC2=O)c1)NCCCSc1ccccc1. The van der Waals surface area contributed by atoms with Crippen molar-refractivity contribution in [2.75, 3.05) is 30.3 Å². The number of carbonyl (C=O) groups is 3. The normalized spacial score (nSPS) is 13.4. The Bertz CT molecular complexity index is 857. The fraction of sp³-hybridized carbons (Fsp3) is 0.318. The van der Waals surface area contributed by atoms with Crippen molar-refractivity contribution in [1.29, 1.82) is 0 Å². The fourth-order valence-electron chi connectivity index (χ4n) is 2.99. The summed E-state index contributed by atoms with van der Waals surface area (Å²) in [6.07, 6.45) is 2.17. The van der Waals surface area contributed by atoms with Crippen LogP contribution in [0.5, 0.6) is 0 Å². The van der Waals surface area contributed by atoms with Crippen molar-refractivity contribution in [2.24, 2.45) is 0 Å². The topological polar surface area (TPSA) is 75.7 Å². The van der Waals surface area contributed by atoms with E-state index in [-0.39, 0.29) is 18.4 Å². The zero-order chi connectivity index (χ0) is 20.5. The molecule has 0 spiro atoms. The summed E-state index contributed by atoms with van der Waals surface area (Å²) in [5, 5.41) is 2.76. The lowest BCUT2D eigenvalue weighted by molar-refractivity contribution is -0.124. The molecule has 0 aliphatic carbocycles. The van der Waals surface area contributed by atoms with Crippen LogP contribution >= 0.6 is 11.8 Å². The number of thioether (sulfide) groups is 1. The van der Waals surface area contributed by atoms with Crippen LogP contribution in [0.4, 0.5) is 5.69 Å². The van der Waals surface area contributed by atoms with Gasteiger partial charge in [0.25, 0.3) is 5.91 Å². The van der Waals surface area contributed by atoms with Gasteiger partial charge in [-0.1, -0.05) is 24.3 Å². The summed E-state index contributed by atoms with van der Waals surface area (Å²) in [6.45, 7) is 0.864. The summed E-state index contributed by atoms with van der Waals surface area (Å²) in [5.41, 5.74) is 1.01. The van der Waals surface area contributed by atoms with Gasteiger partial charge in [-0.2, -0.15) is 0 Å². The quantitative estimate of drug-likeness (QED) is 0.389. The minimum Gasteiger partial charge on any atom is -0.452 e. The number of hydrogen-bond donors (Lipinski definition) is 1. The summed E-state index contributed by atoms with van der Waals surface area (Å²) < 4.78 is 5.10. The van der Waals surface area contributed by atoms with Crippen LogP contribution in [-0.4, -0.2) is 43.2 Å². The summed E-state index contributed by atoms with van der Waals surface area (Å²) in [6, 6.07) is 16.8. The summed E-state index contributed by atoms with van der Waals surface area (Å²) in [4.78, 5) is 38.8. The fourth-order valence-corrected chi connectivity index (χ4v) is 3.87. The number of hydrogen-bond acceptors (Lipinski definition) is 5. The van der Waals surface area contributed by atoms with Crippen LogP contribution in [0, 0.1) is 0 Å². The molecule has 1 aliphatic rings. The average Bonchev–Trinajstić information content (AvgIpc) is 3.18. The van der Waals surface area contributed by atoms with Gasteiger partial charge in [-0.3, -0.25) is 9.59 Å². The van der Waals surface area contributed by atoms with Crippen LogP contribution in [0.1, 0.15) is 29.6 Å². The number of amides is 2. The zero-order valence-corrected chi connectivity index (χ0v) is 17.0. The standard InChI is InChI=1S/C22H24N2O4S/c25-20(23-12-6-14-29-19-9-2-1-3-10-19)16-28-22(27)17-7-4-8-18(15-17)24-13-5-11-21(24)26/h1-4,7-10,15H,5-6,11-14,16H2,(H,23,25). The maximum absolute atomic E-state index is 12.2. The van der Waals surface area contributed by atoms with E-state index in [1.165, 1.54) is 4.90 Å². The van der Waals surface area contributed by atoms with Crippen molar-refractivity contribution >= 4 is 35.2 Å². The second-order valence-electron chi connectivity index (χ2n) is 6.64. The van der Waals surface area contributed by atoms with Gasteiger partial charge >= 0.3 is 5.97 Å². The van der Waals surface area contributed by atoms with E-state index in [0.29, 0.717) is 30.8 Å². The first-order chi connectivity index (χ1) is 14.1. The molecular formula is C22H24N2O4S. The third kappa shape index (κ3) is 6.35. The molecule has 29 heavy (non-hydrogen) atoms. The van der Waals surface area contributed by atoms with E-state index in [4.69, 9.17) is 4.74 Å². The van der Waals surface area contributed by atoms with Crippen molar-refractivity contribution < 1.29 is 19.1 Å². The molecule has 2 amide bonds. The zero-order valence-electron chi connectivity index (χ0n) is 16.1. The second kappa shape index (κ2) is 10.7. The molecule has 0 radical (unpaired) electrons. The van der Waals surface area contributed by atoms with Gasteiger partial charge in [-0.15, -0.1) is 11.8 Å². The Balaban J connectivity index is 1.36. The summed E-state index contributed by atoms with van der Waals surface area (Å²) >= 11 is 1.73. The molecule has 0 saturated carbocycles. The molecule has 1 saturated heterocycles. The molecule has 3 rings (SSSR count). The maximum atomic E-state index is 12.2. The Morgan fingerprint density at radius 1 is 1.10 bits per heavy atom. The highest BCUT2D eigenvalue weighted by Crippen LogP contribution is 2.22. The predicted octanol–water partition coefficient (Wildman–Crippen LogP) is 3.27. The highest BCUT2D eigenvalue weighted by Gasteiger charge is 2.22. The van der Waals surface area contributed by atoms with Gasteiger partial charge in [0.2, 0.25) is 5.91 Å². The molecule has 0 unspecified atom stereocenters. The van der Waals surface area contributed by atoms with Crippen LogP contribution in [0.2, 0.25) is 0 Å². The van der Waals surface area contributed by atoms with Crippen molar-refractivity contribution in [3.05, 3.63) is 60.2 Å². The highest BCUT2D eigenvalue weighted by atomic mass is 32.2. The third-order valence-electron chi connectivity index (χ3n) is 4.46. The monoisotopic (exact) mass is 412 g/mol. The predicted molar refractivity (Wildman–Crippen MR) is 113 cm³/mol. The number of rotatable bonds is 9. The number of benzene rings is 2. The van der Waals surface area contributed by atoms with Crippen molar-refractivity contribution in [3.63, 3.8) is 0 Å². The summed E-state index contributed by atoms with van der Waals surface area (Å²) in [5.74, 6) is 0.0501. The molecular weight excluding hydrogens is 388 g/mol. The largest absolute Gasteiger partial charge is 0.452 e. The Labute approximate surface area is 174 Å². The van der Waals surface area contributed by atoms with E-state index in [1.807, 2.05) is 18.2 Å². The average molecular weight is 413 g/mol. The molecule has 152 valence electrons. The molecule has 0 atom stereocenters. The lowest BCUT2D eigenvalue weighted by Gasteiger charge is -2.16. The van der Waals surface area contributed by atoms with Gasteiger partial charge < -0.3 is 15.0 Å². The third-order valence-corrected chi connectivity index (χ3v) is 5.55. The van der Waals surface area contributed by atoms with Gasteiger partial charge in [0.15, 0.2) is 6.61 Å². The van der Waals surface area contributed by atoms with Crippen molar-refractivity contribution in [3.8, 4) is 0 Å². The number of anilines is 1. The number of nitrogens with zero attached hydrogens (tertiary/aromatic N) is 1. The molecule has 1 heterocycles. The summed E-state index contributed by atoms with van der Waals surface area (Å²) in [7, 11) is 0. The van der Waals surface area contributed by atoms with Gasteiger partial charge in [0.1, 0.15) is 0 Å².